The number of amides is 2. The number of carbonyl (C=O) groups excluding carboxylic acids is 2. The lowest BCUT2D eigenvalue weighted by atomic mass is 9.85. The molecule has 11 nitrogen and oxygen atoms in total. The van der Waals surface area contributed by atoms with Crippen molar-refractivity contribution >= 4 is 28.9 Å². The summed E-state index contributed by atoms with van der Waals surface area (Å²) in [4.78, 5) is 44.8. The number of carbonyl (C=O) groups is 3. The lowest BCUT2D eigenvalue weighted by molar-refractivity contribution is -0.152. The van der Waals surface area contributed by atoms with E-state index in [4.69, 9.17) is 19.2 Å². The average molecular weight is 639 g/mol. The highest BCUT2D eigenvalue weighted by molar-refractivity contribution is 5.91. The molecular formula is C35H50N4O7. The first-order chi connectivity index (χ1) is 22.0. The van der Waals surface area contributed by atoms with Crippen LogP contribution in [0.2, 0.25) is 0 Å². The Kier molecular flexibility index (Phi) is 10.9. The second-order valence-electron chi connectivity index (χ2n) is 14.1. The lowest BCUT2D eigenvalue weighted by Gasteiger charge is -2.34. The van der Waals surface area contributed by atoms with Gasteiger partial charge in [-0.25, -0.2) is 14.6 Å². The number of esters is 1. The van der Waals surface area contributed by atoms with Gasteiger partial charge in [-0.05, 0) is 62.2 Å². The molecule has 11 heteroatoms. The number of methoxy groups -OCH3 is 1. The van der Waals surface area contributed by atoms with Crippen LogP contribution in [0.4, 0.5) is 4.79 Å². The molecule has 2 amide bonds. The maximum atomic E-state index is 13.8. The van der Waals surface area contributed by atoms with Crippen LogP contribution in [0.3, 0.4) is 0 Å². The minimum Gasteiger partial charge on any atom is -0.489 e. The molecule has 252 valence electrons. The molecule has 0 spiro atoms. The quantitative estimate of drug-likeness (QED) is 0.202. The number of nitrogens with zero attached hydrogens (tertiary/aromatic N) is 2. The van der Waals surface area contributed by atoms with E-state index in [1.54, 1.807) is 20.8 Å². The molecule has 3 heterocycles. The molecule has 2 aliphatic heterocycles. The first-order valence-corrected chi connectivity index (χ1v) is 16.9. The van der Waals surface area contributed by atoms with Crippen LogP contribution in [-0.2, 0) is 20.7 Å². The van der Waals surface area contributed by atoms with Crippen molar-refractivity contribution in [3.8, 4) is 11.6 Å². The number of piperidine rings is 1. The zero-order valence-electron chi connectivity index (χ0n) is 27.7. The van der Waals surface area contributed by atoms with Gasteiger partial charge in [0.25, 0.3) is 0 Å². The molecule has 3 N–H and O–H groups in total. The Morgan fingerprint density at radius 2 is 1.78 bits per heavy atom. The summed E-state index contributed by atoms with van der Waals surface area (Å²) in [6.07, 6.45) is 8.24. The van der Waals surface area contributed by atoms with Crippen molar-refractivity contribution in [2.24, 2.45) is 11.3 Å². The van der Waals surface area contributed by atoms with E-state index in [0.717, 1.165) is 73.3 Å². The number of nitrogens with one attached hydrogen (secondary N) is 2. The van der Waals surface area contributed by atoms with Gasteiger partial charge in [-0.2, -0.15) is 0 Å². The van der Waals surface area contributed by atoms with Crippen molar-refractivity contribution in [1.29, 1.82) is 0 Å². The number of aromatic nitrogens is 1. The number of rotatable bonds is 13. The van der Waals surface area contributed by atoms with Crippen molar-refractivity contribution in [3.05, 3.63) is 29.8 Å². The number of para-hydroxylation sites is 1. The molecule has 1 aromatic heterocycles. The van der Waals surface area contributed by atoms with Crippen LogP contribution in [0.1, 0.15) is 84.1 Å². The van der Waals surface area contributed by atoms with Crippen molar-refractivity contribution < 1.29 is 33.7 Å². The summed E-state index contributed by atoms with van der Waals surface area (Å²) in [5, 5.41) is 16.2. The first kappa shape index (κ1) is 33.8. The van der Waals surface area contributed by atoms with Crippen LogP contribution in [0.15, 0.2) is 24.3 Å². The maximum absolute atomic E-state index is 13.8. The largest absolute Gasteiger partial charge is 0.489 e. The number of hydrogen-bond acceptors (Lipinski definition) is 8. The fourth-order valence-electron chi connectivity index (χ4n) is 6.63. The zero-order valence-corrected chi connectivity index (χ0v) is 27.7. The van der Waals surface area contributed by atoms with Gasteiger partial charge < -0.3 is 34.9 Å². The van der Waals surface area contributed by atoms with Crippen LogP contribution >= 0.6 is 0 Å². The normalized spacial score (nSPS) is 21.2. The molecule has 0 bridgehead atoms. The topological polar surface area (TPSA) is 139 Å². The standard InChI is InChI=1S/C35H50N4O7/c1-35(2,3)30(38-34(42)43)32(40)39-21-24(20-28(39)33(41)44-4)46-31-26(12-7-5-6-10-22-14-15-22)29(45-23-16-18-36-19-17-23)25-11-8-9-13-27(25)37-31/h8-9,11,13,22-24,28,30,36,38H,5-7,10,12,14-21H2,1-4H3,(H,42,43)/t24?,28-,30+/m0/s1. The first-order valence-electron chi connectivity index (χ1n) is 16.9. The van der Waals surface area contributed by atoms with Crippen molar-refractivity contribution in [1.82, 2.24) is 20.5 Å². The monoisotopic (exact) mass is 638 g/mol. The molecule has 5 rings (SSSR count). The summed E-state index contributed by atoms with van der Waals surface area (Å²) in [6, 6.07) is 5.95. The van der Waals surface area contributed by atoms with Crippen LogP contribution in [-0.4, -0.2) is 84.0 Å². The number of likely N-dealkylation sites (tertiary alicyclic amines) is 1. The van der Waals surface area contributed by atoms with Crippen LogP contribution in [0.5, 0.6) is 11.6 Å². The van der Waals surface area contributed by atoms with Gasteiger partial charge in [-0.15, -0.1) is 0 Å². The Labute approximate surface area is 271 Å². The van der Waals surface area contributed by atoms with Crippen LogP contribution < -0.4 is 20.1 Å². The third kappa shape index (κ3) is 8.40. The summed E-state index contributed by atoms with van der Waals surface area (Å²) in [7, 11) is 1.28. The Balaban J connectivity index is 1.45. The highest BCUT2D eigenvalue weighted by Gasteiger charge is 2.46. The van der Waals surface area contributed by atoms with E-state index >= 15 is 0 Å². The van der Waals surface area contributed by atoms with E-state index in [1.807, 2.05) is 24.3 Å². The van der Waals surface area contributed by atoms with Gasteiger partial charge in [0.1, 0.15) is 30.0 Å². The van der Waals surface area contributed by atoms with Crippen molar-refractivity contribution in [3.63, 3.8) is 0 Å². The molecule has 1 unspecified atom stereocenters. The van der Waals surface area contributed by atoms with E-state index in [1.165, 1.54) is 37.7 Å². The van der Waals surface area contributed by atoms with Gasteiger partial charge in [0.2, 0.25) is 11.8 Å². The predicted octanol–water partition coefficient (Wildman–Crippen LogP) is 5.08. The fraction of sp³-hybridized carbons (Fsp3) is 0.657. The molecule has 3 aliphatic rings. The minimum atomic E-state index is -1.31. The van der Waals surface area contributed by atoms with E-state index in [0.29, 0.717) is 5.88 Å². The molecule has 3 fully saturated rings. The molecule has 2 saturated heterocycles. The number of carboxylic acid groups (broad SMARTS) is 1. The second-order valence-corrected chi connectivity index (χ2v) is 14.1. The second kappa shape index (κ2) is 14.9. The number of ether oxygens (including phenoxy) is 3. The summed E-state index contributed by atoms with van der Waals surface area (Å²) in [5.74, 6) is 1.11. The third-order valence-corrected chi connectivity index (χ3v) is 9.39. The Morgan fingerprint density at radius 3 is 2.46 bits per heavy atom. The summed E-state index contributed by atoms with van der Waals surface area (Å²) in [5.41, 5.74) is 0.943. The third-order valence-electron chi connectivity index (χ3n) is 9.39. The Bertz CT molecular complexity index is 1380. The van der Waals surface area contributed by atoms with Crippen LogP contribution in [0.25, 0.3) is 10.9 Å². The van der Waals surface area contributed by atoms with Crippen molar-refractivity contribution in [2.45, 2.75) is 109 Å². The number of unbranched alkanes of at least 4 members (excludes halogenated alkanes) is 2. The van der Waals surface area contributed by atoms with Gasteiger partial charge in [0.15, 0.2) is 0 Å². The molecule has 2 aromatic rings. The van der Waals surface area contributed by atoms with E-state index in [2.05, 4.69) is 10.6 Å². The summed E-state index contributed by atoms with van der Waals surface area (Å²) < 4.78 is 18.5. The van der Waals surface area contributed by atoms with E-state index in [9.17, 15) is 19.5 Å². The summed E-state index contributed by atoms with van der Waals surface area (Å²) in [6.45, 7) is 7.24. The van der Waals surface area contributed by atoms with Gasteiger partial charge >= 0.3 is 12.1 Å². The SMILES string of the molecule is COC(=O)[C@@H]1CC(Oc2nc3ccccc3c(OC3CCNCC3)c2CCCCCC2CC2)CN1C(=O)[C@@H](NC(=O)O)C(C)(C)C. The molecule has 3 atom stereocenters. The molecule has 0 radical (unpaired) electrons. The van der Waals surface area contributed by atoms with Gasteiger partial charge in [0, 0.05) is 11.8 Å². The van der Waals surface area contributed by atoms with Crippen molar-refractivity contribution in [2.75, 3.05) is 26.7 Å². The number of hydrogen-bond donors (Lipinski definition) is 3. The minimum absolute atomic E-state index is 0.0767. The lowest BCUT2D eigenvalue weighted by Crippen LogP contribution is -2.56. The Hall–Kier alpha value is -3.60. The molecule has 1 aromatic carbocycles. The van der Waals surface area contributed by atoms with Gasteiger partial charge in [-0.3, -0.25) is 4.79 Å². The average Bonchev–Trinajstić information content (AvgIpc) is 3.76. The fourth-order valence-corrected chi connectivity index (χ4v) is 6.63. The van der Waals surface area contributed by atoms with Gasteiger partial charge in [-0.1, -0.05) is 65.0 Å². The number of benzene rings is 1. The van der Waals surface area contributed by atoms with Crippen LogP contribution in [0, 0.1) is 11.3 Å². The Morgan fingerprint density at radius 1 is 1.04 bits per heavy atom. The number of pyridine rings is 1. The molecule has 46 heavy (non-hydrogen) atoms. The molecular weight excluding hydrogens is 588 g/mol. The smallest absolute Gasteiger partial charge is 0.405 e. The highest BCUT2D eigenvalue weighted by atomic mass is 16.5. The number of fused-ring (bicyclic) bond motifs is 1. The van der Waals surface area contributed by atoms with Gasteiger partial charge in [0.05, 0.1) is 24.7 Å². The van der Waals surface area contributed by atoms with E-state index in [-0.39, 0.29) is 19.1 Å². The highest BCUT2D eigenvalue weighted by Crippen LogP contribution is 2.39. The zero-order chi connectivity index (χ0) is 32.8. The van der Waals surface area contributed by atoms with E-state index < -0.39 is 41.6 Å². The maximum Gasteiger partial charge on any atom is 0.405 e. The predicted molar refractivity (Wildman–Crippen MR) is 174 cm³/mol. The molecule has 1 saturated carbocycles. The molecule has 1 aliphatic carbocycles. The summed E-state index contributed by atoms with van der Waals surface area (Å²) >= 11 is 0.